The lowest BCUT2D eigenvalue weighted by Crippen LogP contribution is -2.19. The molecule has 0 aliphatic rings. The van der Waals surface area contributed by atoms with E-state index in [1.165, 1.54) is 39.8 Å². The van der Waals surface area contributed by atoms with Crippen LogP contribution >= 0.6 is 22.6 Å². The molecule has 3 heterocycles. The SMILES string of the molecule is Cc1cc(NC(=O)c2ccccc2I)n(-c2nc3c(cnn3-c3ccc(F)cc3)c(=O)[nH]2)n1. The van der Waals surface area contributed by atoms with Crippen molar-refractivity contribution in [1.29, 1.82) is 0 Å². The van der Waals surface area contributed by atoms with E-state index in [1.807, 2.05) is 12.1 Å². The van der Waals surface area contributed by atoms with E-state index in [0.29, 0.717) is 22.8 Å². The van der Waals surface area contributed by atoms with Crippen LogP contribution in [0.25, 0.3) is 22.7 Å². The van der Waals surface area contributed by atoms with Gasteiger partial charge in [0.15, 0.2) is 5.65 Å². The molecule has 0 bridgehead atoms. The van der Waals surface area contributed by atoms with E-state index in [4.69, 9.17) is 0 Å². The first-order valence-corrected chi connectivity index (χ1v) is 10.9. The molecule has 3 aromatic heterocycles. The number of carbonyl (C=O) groups excluding carboxylic acids is 1. The van der Waals surface area contributed by atoms with Crippen LogP contribution in [0.3, 0.4) is 0 Å². The van der Waals surface area contributed by atoms with Crippen molar-refractivity contribution in [3.8, 4) is 11.6 Å². The van der Waals surface area contributed by atoms with Crippen molar-refractivity contribution < 1.29 is 9.18 Å². The van der Waals surface area contributed by atoms with Gasteiger partial charge in [0.1, 0.15) is 17.0 Å². The van der Waals surface area contributed by atoms with Gasteiger partial charge in [0, 0.05) is 9.64 Å². The topological polar surface area (TPSA) is 110 Å². The molecule has 0 unspecified atom stereocenters. The van der Waals surface area contributed by atoms with Crippen LogP contribution < -0.4 is 10.9 Å². The van der Waals surface area contributed by atoms with Gasteiger partial charge in [-0.3, -0.25) is 14.6 Å². The first-order chi connectivity index (χ1) is 15.9. The third kappa shape index (κ3) is 3.91. The average molecular weight is 555 g/mol. The third-order valence-corrected chi connectivity index (χ3v) is 5.83. The first-order valence-electron chi connectivity index (χ1n) is 9.77. The molecule has 0 saturated carbocycles. The summed E-state index contributed by atoms with van der Waals surface area (Å²) in [5.41, 5.74) is 1.51. The van der Waals surface area contributed by atoms with Gasteiger partial charge in [0.05, 0.1) is 23.1 Å². The molecule has 0 fully saturated rings. The molecule has 0 spiro atoms. The smallest absolute Gasteiger partial charge is 0.263 e. The predicted molar refractivity (Wildman–Crippen MR) is 128 cm³/mol. The molecule has 2 aromatic carbocycles. The van der Waals surface area contributed by atoms with Crippen molar-refractivity contribution in [2.45, 2.75) is 6.92 Å². The largest absolute Gasteiger partial charge is 0.306 e. The number of hydrogen-bond acceptors (Lipinski definition) is 5. The van der Waals surface area contributed by atoms with Gasteiger partial charge >= 0.3 is 0 Å². The van der Waals surface area contributed by atoms with Crippen LogP contribution in [0.1, 0.15) is 16.1 Å². The Morgan fingerprint density at radius 1 is 1.12 bits per heavy atom. The zero-order valence-electron chi connectivity index (χ0n) is 17.1. The van der Waals surface area contributed by atoms with Crippen molar-refractivity contribution >= 4 is 45.3 Å². The molecule has 0 atom stereocenters. The fourth-order valence-electron chi connectivity index (χ4n) is 3.36. The Labute approximate surface area is 199 Å². The molecule has 0 aliphatic carbocycles. The number of carbonyl (C=O) groups is 1. The summed E-state index contributed by atoms with van der Waals surface area (Å²) in [6, 6.07) is 14.5. The van der Waals surface area contributed by atoms with E-state index in [2.05, 4.69) is 48.1 Å². The van der Waals surface area contributed by atoms with Crippen LogP contribution in [-0.2, 0) is 0 Å². The van der Waals surface area contributed by atoms with E-state index in [0.717, 1.165) is 3.57 Å². The number of aromatic nitrogens is 6. The summed E-state index contributed by atoms with van der Waals surface area (Å²) in [6.45, 7) is 1.76. The summed E-state index contributed by atoms with van der Waals surface area (Å²) in [4.78, 5) is 32.8. The number of aryl methyl sites for hydroxylation is 1. The Kier molecular flexibility index (Phi) is 5.24. The van der Waals surface area contributed by atoms with E-state index >= 15 is 0 Å². The fourth-order valence-corrected chi connectivity index (χ4v) is 3.99. The van der Waals surface area contributed by atoms with Crippen LogP contribution in [0.2, 0.25) is 0 Å². The second-order valence-electron chi connectivity index (χ2n) is 7.18. The lowest BCUT2D eigenvalue weighted by Gasteiger charge is -2.09. The molecule has 11 heteroatoms. The van der Waals surface area contributed by atoms with Crippen molar-refractivity contribution in [2.24, 2.45) is 0 Å². The Morgan fingerprint density at radius 2 is 1.88 bits per heavy atom. The minimum absolute atomic E-state index is 0.0996. The number of halogens is 2. The highest BCUT2D eigenvalue weighted by Crippen LogP contribution is 2.20. The maximum atomic E-state index is 13.3. The highest BCUT2D eigenvalue weighted by molar-refractivity contribution is 14.1. The third-order valence-electron chi connectivity index (χ3n) is 4.89. The number of benzene rings is 2. The number of nitrogens with one attached hydrogen (secondary N) is 2. The standard InChI is InChI=1S/C22H15FIN7O2/c1-12-10-18(26-20(32)15-4-2-3-5-17(15)24)31(29-12)22-27-19-16(21(33)28-22)11-25-30(19)14-8-6-13(23)7-9-14/h2-11H,1H3,(H,26,32)(H,27,28,33). The van der Waals surface area contributed by atoms with Gasteiger partial charge < -0.3 is 5.32 Å². The second-order valence-corrected chi connectivity index (χ2v) is 8.34. The summed E-state index contributed by atoms with van der Waals surface area (Å²) >= 11 is 2.09. The molecule has 1 amide bonds. The Bertz CT molecular complexity index is 1570. The van der Waals surface area contributed by atoms with Crippen molar-refractivity contribution in [3.05, 3.63) is 91.8 Å². The van der Waals surface area contributed by atoms with Gasteiger partial charge in [-0.2, -0.15) is 19.9 Å². The predicted octanol–water partition coefficient (Wildman–Crippen LogP) is 3.60. The van der Waals surface area contributed by atoms with Gasteiger partial charge in [-0.1, -0.05) is 12.1 Å². The molecule has 2 N–H and O–H groups in total. The summed E-state index contributed by atoms with van der Waals surface area (Å²) in [7, 11) is 0. The quantitative estimate of drug-likeness (QED) is 0.330. The lowest BCUT2D eigenvalue weighted by molar-refractivity contribution is 0.102. The lowest BCUT2D eigenvalue weighted by atomic mass is 10.2. The van der Waals surface area contributed by atoms with Crippen molar-refractivity contribution in [1.82, 2.24) is 29.5 Å². The van der Waals surface area contributed by atoms with Crippen molar-refractivity contribution in [2.75, 3.05) is 5.32 Å². The normalized spacial score (nSPS) is 11.1. The second kappa shape index (κ2) is 8.24. The molecule has 9 nitrogen and oxygen atoms in total. The summed E-state index contributed by atoms with van der Waals surface area (Å²) < 4.78 is 16.9. The van der Waals surface area contributed by atoms with Crippen LogP contribution in [0, 0.1) is 16.3 Å². The molecular formula is C22H15FIN7O2. The van der Waals surface area contributed by atoms with Crippen LogP contribution in [0.4, 0.5) is 10.2 Å². The number of rotatable bonds is 4. The Hall–Kier alpha value is -3.87. The molecule has 164 valence electrons. The molecular weight excluding hydrogens is 540 g/mol. The maximum Gasteiger partial charge on any atom is 0.263 e. The Morgan fingerprint density at radius 3 is 2.64 bits per heavy atom. The molecule has 5 aromatic rings. The average Bonchev–Trinajstić information content (AvgIpc) is 3.38. The monoisotopic (exact) mass is 555 g/mol. The minimum atomic E-state index is -0.425. The van der Waals surface area contributed by atoms with Crippen LogP contribution in [-0.4, -0.2) is 35.4 Å². The van der Waals surface area contributed by atoms with Gasteiger partial charge in [0.2, 0.25) is 5.95 Å². The molecule has 5 rings (SSSR count). The molecule has 0 saturated heterocycles. The number of nitrogens with zero attached hydrogens (tertiary/aromatic N) is 5. The zero-order valence-corrected chi connectivity index (χ0v) is 19.2. The van der Waals surface area contributed by atoms with E-state index in [-0.39, 0.29) is 28.7 Å². The first kappa shape index (κ1) is 21.0. The van der Waals surface area contributed by atoms with Crippen LogP contribution in [0.5, 0.6) is 0 Å². The van der Waals surface area contributed by atoms with E-state index in [9.17, 15) is 14.0 Å². The number of anilines is 1. The molecule has 0 radical (unpaired) electrons. The molecule has 33 heavy (non-hydrogen) atoms. The number of fused-ring (bicyclic) bond motifs is 1. The zero-order chi connectivity index (χ0) is 23.1. The van der Waals surface area contributed by atoms with Gasteiger partial charge in [-0.15, -0.1) is 0 Å². The van der Waals surface area contributed by atoms with E-state index < -0.39 is 5.56 Å². The van der Waals surface area contributed by atoms with Gasteiger partial charge in [0.25, 0.3) is 11.5 Å². The van der Waals surface area contributed by atoms with Crippen molar-refractivity contribution in [3.63, 3.8) is 0 Å². The number of H-pyrrole nitrogens is 1. The summed E-state index contributed by atoms with van der Waals surface area (Å²) in [6.07, 6.45) is 1.39. The summed E-state index contributed by atoms with van der Waals surface area (Å²) in [5, 5.41) is 11.7. The highest BCUT2D eigenvalue weighted by Gasteiger charge is 2.18. The maximum absolute atomic E-state index is 13.3. The minimum Gasteiger partial charge on any atom is -0.306 e. The summed E-state index contributed by atoms with van der Waals surface area (Å²) in [5.74, 6) is -0.266. The van der Waals surface area contributed by atoms with Crippen LogP contribution in [0.15, 0.2) is 65.6 Å². The van der Waals surface area contributed by atoms with E-state index in [1.54, 1.807) is 25.1 Å². The Balaban J connectivity index is 1.59. The highest BCUT2D eigenvalue weighted by atomic mass is 127. The number of amides is 1. The number of hydrogen-bond donors (Lipinski definition) is 2. The molecule has 0 aliphatic heterocycles. The van der Waals surface area contributed by atoms with Gasteiger partial charge in [-0.05, 0) is 65.9 Å². The number of aromatic amines is 1. The van der Waals surface area contributed by atoms with Gasteiger partial charge in [-0.25, -0.2) is 9.07 Å². The fraction of sp³-hybridized carbons (Fsp3) is 0.0455.